The van der Waals surface area contributed by atoms with Crippen LogP contribution in [0.3, 0.4) is 0 Å². The van der Waals surface area contributed by atoms with Gasteiger partial charge < -0.3 is 18.9 Å². The van der Waals surface area contributed by atoms with Crippen molar-refractivity contribution in [1.29, 1.82) is 0 Å². The molecule has 3 aromatic rings. The fourth-order valence-corrected chi connectivity index (χ4v) is 5.51. The monoisotopic (exact) mass is 587 g/mol. The van der Waals surface area contributed by atoms with Gasteiger partial charge in [0.1, 0.15) is 22.7 Å². The lowest BCUT2D eigenvalue weighted by Crippen LogP contribution is -2.49. The van der Waals surface area contributed by atoms with Crippen LogP contribution in [-0.2, 0) is 16.0 Å². The summed E-state index contributed by atoms with van der Waals surface area (Å²) in [6.45, 7) is 8.76. The summed E-state index contributed by atoms with van der Waals surface area (Å²) in [5.41, 5.74) is 2.87. The van der Waals surface area contributed by atoms with E-state index in [-0.39, 0.29) is 18.2 Å². The van der Waals surface area contributed by atoms with Crippen molar-refractivity contribution < 1.29 is 37.3 Å². The average molecular weight is 588 g/mol. The molecule has 42 heavy (non-hydrogen) atoms. The second-order valence-corrected chi connectivity index (χ2v) is 11.4. The van der Waals surface area contributed by atoms with Gasteiger partial charge in [-0.25, -0.2) is 18.4 Å². The predicted molar refractivity (Wildman–Crippen MR) is 155 cm³/mol. The number of halogens is 2. The number of carbonyl (C=O) groups excluding carboxylic acids is 2. The first kappa shape index (κ1) is 31.2. The number of alkyl halides is 2. The smallest absolute Gasteiger partial charge is 0.419 e. The number of carbonyl (C=O) groups is 2. The number of piperazine rings is 1. The Morgan fingerprint density at radius 2 is 1.74 bits per heavy atom. The van der Waals surface area contributed by atoms with E-state index in [2.05, 4.69) is 4.90 Å². The number of fused-ring (bicyclic) bond motifs is 1. The van der Waals surface area contributed by atoms with Gasteiger partial charge in [0, 0.05) is 49.4 Å². The Balaban J connectivity index is 1.77. The largest absolute Gasteiger partial charge is 0.496 e. The summed E-state index contributed by atoms with van der Waals surface area (Å²) in [6.07, 6.45) is -1.24. The number of aromatic nitrogens is 1. The summed E-state index contributed by atoms with van der Waals surface area (Å²) in [5, 5.41) is 0.838. The highest BCUT2D eigenvalue weighted by Crippen LogP contribution is 2.37. The van der Waals surface area contributed by atoms with Crippen LogP contribution in [0.1, 0.15) is 53.9 Å². The van der Waals surface area contributed by atoms with E-state index in [0.29, 0.717) is 37.7 Å². The molecule has 1 saturated heterocycles. The zero-order valence-electron chi connectivity index (χ0n) is 25.2. The standard InChI is InChI=1S/C31H39F2N3O6/c1-19-14-25(39-5)23(21-10-11-36(28(19)21)30(38)42-31(2,3)4)16-35-13-12-34(18-27(32)33)17-24(35)20-8-9-22(29(37)41-7)26(15-20)40-6/h8-11,14-15,24,27H,12-13,16-18H2,1-7H3. The molecule has 228 valence electrons. The molecule has 1 aliphatic rings. The molecule has 0 aliphatic carbocycles. The molecule has 1 atom stereocenters. The Morgan fingerprint density at radius 1 is 1.02 bits per heavy atom. The van der Waals surface area contributed by atoms with Gasteiger partial charge in [0.05, 0.1) is 33.4 Å². The van der Waals surface area contributed by atoms with E-state index in [0.717, 1.165) is 27.6 Å². The van der Waals surface area contributed by atoms with Crippen LogP contribution < -0.4 is 9.47 Å². The van der Waals surface area contributed by atoms with E-state index in [1.165, 1.54) is 18.8 Å². The first-order chi connectivity index (χ1) is 19.9. The Morgan fingerprint density at radius 3 is 2.36 bits per heavy atom. The number of nitrogens with zero attached hydrogens (tertiary/aromatic N) is 3. The van der Waals surface area contributed by atoms with Crippen LogP contribution in [0.4, 0.5) is 13.6 Å². The van der Waals surface area contributed by atoms with Crippen LogP contribution >= 0.6 is 0 Å². The molecule has 9 nitrogen and oxygen atoms in total. The van der Waals surface area contributed by atoms with Crippen LogP contribution in [0.25, 0.3) is 10.9 Å². The number of hydrogen-bond donors (Lipinski definition) is 0. The van der Waals surface area contributed by atoms with E-state index in [1.807, 2.05) is 39.8 Å². The van der Waals surface area contributed by atoms with Crippen molar-refractivity contribution in [3.05, 3.63) is 58.8 Å². The Kier molecular flexibility index (Phi) is 9.42. The lowest BCUT2D eigenvalue weighted by Gasteiger charge is -2.42. The number of rotatable bonds is 8. The van der Waals surface area contributed by atoms with Gasteiger partial charge in [0.2, 0.25) is 0 Å². The molecule has 0 spiro atoms. The van der Waals surface area contributed by atoms with Crippen LogP contribution in [0.5, 0.6) is 11.5 Å². The summed E-state index contributed by atoms with van der Waals surface area (Å²) in [5.74, 6) is 0.476. The van der Waals surface area contributed by atoms with Crippen molar-refractivity contribution in [1.82, 2.24) is 14.4 Å². The molecular weight excluding hydrogens is 548 g/mol. The second kappa shape index (κ2) is 12.7. The van der Waals surface area contributed by atoms with Gasteiger partial charge in [-0.15, -0.1) is 0 Å². The molecule has 0 N–H and O–H groups in total. The maximum atomic E-state index is 13.4. The topological polar surface area (TPSA) is 82.5 Å². The number of methoxy groups -OCH3 is 3. The maximum Gasteiger partial charge on any atom is 0.419 e. The molecule has 0 saturated carbocycles. The normalized spacial score (nSPS) is 16.6. The highest BCUT2D eigenvalue weighted by molar-refractivity contribution is 5.95. The van der Waals surface area contributed by atoms with Crippen LogP contribution in [0, 0.1) is 6.92 Å². The summed E-state index contributed by atoms with van der Waals surface area (Å²) < 4.78 is 50.1. The molecule has 0 bridgehead atoms. The van der Waals surface area contributed by atoms with E-state index in [1.54, 1.807) is 36.4 Å². The van der Waals surface area contributed by atoms with Crippen molar-refractivity contribution in [2.75, 3.05) is 47.5 Å². The molecule has 11 heteroatoms. The minimum Gasteiger partial charge on any atom is -0.496 e. The summed E-state index contributed by atoms with van der Waals surface area (Å²) in [4.78, 5) is 29.2. The van der Waals surface area contributed by atoms with Crippen LogP contribution in [-0.4, -0.2) is 86.0 Å². The predicted octanol–water partition coefficient (Wildman–Crippen LogP) is 5.66. The molecule has 2 heterocycles. The third-order valence-corrected chi connectivity index (χ3v) is 7.39. The van der Waals surface area contributed by atoms with Gasteiger partial charge in [-0.2, -0.15) is 0 Å². The third-order valence-electron chi connectivity index (χ3n) is 7.39. The summed E-state index contributed by atoms with van der Waals surface area (Å²) >= 11 is 0. The fraction of sp³-hybridized carbons (Fsp3) is 0.484. The van der Waals surface area contributed by atoms with Gasteiger partial charge in [0.25, 0.3) is 6.43 Å². The molecule has 0 radical (unpaired) electrons. The number of hydrogen-bond acceptors (Lipinski definition) is 8. The average Bonchev–Trinajstić information content (AvgIpc) is 3.39. The highest BCUT2D eigenvalue weighted by atomic mass is 19.3. The number of benzene rings is 2. The SMILES string of the molecule is COC(=O)c1ccc(C2CN(CC(F)F)CCN2Cc2c(OC)cc(C)c3c2ccn3C(=O)OC(C)(C)C)cc1OC. The van der Waals surface area contributed by atoms with Gasteiger partial charge in [-0.3, -0.25) is 14.4 Å². The van der Waals surface area contributed by atoms with Gasteiger partial charge in [-0.05, 0) is 63.1 Å². The van der Waals surface area contributed by atoms with Gasteiger partial charge >= 0.3 is 12.1 Å². The zero-order valence-corrected chi connectivity index (χ0v) is 25.2. The third kappa shape index (κ3) is 6.68. The van der Waals surface area contributed by atoms with Crippen molar-refractivity contribution in [3.8, 4) is 11.5 Å². The van der Waals surface area contributed by atoms with E-state index in [4.69, 9.17) is 18.9 Å². The Hall–Kier alpha value is -3.70. The maximum absolute atomic E-state index is 13.4. The second-order valence-electron chi connectivity index (χ2n) is 11.4. The molecular formula is C31H39F2N3O6. The minimum absolute atomic E-state index is 0.279. The van der Waals surface area contributed by atoms with Gasteiger partial charge in [0.15, 0.2) is 0 Å². The highest BCUT2D eigenvalue weighted by Gasteiger charge is 2.32. The molecule has 4 rings (SSSR count). The number of aryl methyl sites for hydroxylation is 1. The summed E-state index contributed by atoms with van der Waals surface area (Å²) in [7, 11) is 4.37. The Bertz CT molecular complexity index is 1450. The number of ether oxygens (including phenoxy) is 4. The first-order valence-electron chi connectivity index (χ1n) is 13.8. The lowest BCUT2D eigenvalue weighted by molar-refractivity contribution is 0.0245. The van der Waals surface area contributed by atoms with Crippen LogP contribution in [0.15, 0.2) is 36.5 Å². The molecule has 1 aliphatic heterocycles. The van der Waals surface area contributed by atoms with Gasteiger partial charge in [-0.1, -0.05) is 6.07 Å². The quantitative estimate of drug-likeness (QED) is 0.313. The molecule has 2 aromatic carbocycles. The minimum atomic E-state index is -2.46. The van der Waals surface area contributed by atoms with Crippen molar-refractivity contribution >= 4 is 23.0 Å². The molecule has 0 amide bonds. The Labute approximate surface area is 244 Å². The van der Waals surface area contributed by atoms with Crippen LogP contribution in [0.2, 0.25) is 0 Å². The summed E-state index contributed by atoms with van der Waals surface area (Å²) in [6, 6.07) is 8.67. The number of esters is 1. The molecule has 1 unspecified atom stereocenters. The first-order valence-corrected chi connectivity index (χ1v) is 13.8. The zero-order chi connectivity index (χ0) is 30.8. The van der Waals surface area contributed by atoms with E-state index in [9.17, 15) is 18.4 Å². The van der Waals surface area contributed by atoms with E-state index >= 15 is 0 Å². The van der Waals surface area contributed by atoms with Crippen molar-refractivity contribution in [2.45, 2.75) is 52.3 Å². The lowest BCUT2D eigenvalue weighted by atomic mass is 9.97. The van der Waals surface area contributed by atoms with E-state index < -0.39 is 24.1 Å². The fourth-order valence-electron chi connectivity index (χ4n) is 5.51. The van der Waals surface area contributed by atoms with Crippen molar-refractivity contribution in [3.63, 3.8) is 0 Å². The molecule has 1 aromatic heterocycles. The molecule has 1 fully saturated rings. The van der Waals surface area contributed by atoms with Crippen molar-refractivity contribution in [2.24, 2.45) is 0 Å².